The van der Waals surface area contributed by atoms with Crippen molar-refractivity contribution in [3.8, 4) is 0 Å². The summed E-state index contributed by atoms with van der Waals surface area (Å²) >= 11 is 6.16. The minimum atomic E-state index is -3.63. The second-order valence-corrected chi connectivity index (χ2v) is 8.89. The Labute approximate surface area is 152 Å². The average Bonchev–Trinajstić information content (AvgIpc) is 3.03. The van der Waals surface area contributed by atoms with Gasteiger partial charge in [0, 0.05) is 40.0 Å². The van der Waals surface area contributed by atoms with Crippen LogP contribution in [-0.2, 0) is 19.5 Å². The number of halogens is 1. The fourth-order valence-electron chi connectivity index (χ4n) is 3.05. The van der Waals surface area contributed by atoms with Crippen molar-refractivity contribution < 1.29 is 22.7 Å². The molecule has 2 aliphatic rings. The van der Waals surface area contributed by atoms with Crippen molar-refractivity contribution in [1.82, 2.24) is 9.21 Å². The zero-order chi connectivity index (χ0) is 18.2. The van der Waals surface area contributed by atoms with Crippen LogP contribution in [0.15, 0.2) is 23.1 Å². The number of carbonyl (C=O) groups excluding carboxylic acids is 1. The molecule has 0 bridgehead atoms. The van der Waals surface area contributed by atoms with Gasteiger partial charge in [0.15, 0.2) is 5.79 Å². The van der Waals surface area contributed by atoms with E-state index >= 15 is 0 Å². The summed E-state index contributed by atoms with van der Waals surface area (Å²) in [5.41, 5.74) is 0.189. The molecule has 2 heterocycles. The number of nitrogens with zero attached hydrogens (tertiary/aromatic N) is 2. The number of carbonyl (C=O) groups is 1. The Balaban J connectivity index is 1.81. The molecule has 0 saturated carbocycles. The Morgan fingerprint density at radius 1 is 1.20 bits per heavy atom. The molecule has 0 unspecified atom stereocenters. The van der Waals surface area contributed by atoms with E-state index in [4.69, 9.17) is 21.1 Å². The summed E-state index contributed by atoms with van der Waals surface area (Å²) in [7, 11) is -0.751. The SMILES string of the molecule is CN(C)S(=O)(=O)c1ccc(Cl)c(C(=O)N2CCC3(CC2)OCCO3)c1. The zero-order valence-corrected chi connectivity index (χ0v) is 15.8. The third-order valence-corrected chi connectivity index (χ3v) is 6.71. The quantitative estimate of drug-likeness (QED) is 0.785. The molecule has 0 radical (unpaired) electrons. The normalized spacial score (nSPS) is 20.4. The number of ether oxygens (including phenoxy) is 2. The summed E-state index contributed by atoms with van der Waals surface area (Å²) in [4.78, 5) is 14.5. The lowest BCUT2D eigenvalue weighted by molar-refractivity contribution is -0.181. The van der Waals surface area contributed by atoms with Gasteiger partial charge in [0.05, 0.1) is 28.7 Å². The Morgan fingerprint density at radius 2 is 1.80 bits per heavy atom. The van der Waals surface area contributed by atoms with Gasteiger partial charge in [0.2, 0.25) is 10.0 Å². The van der Waals surface area contributed by atoms with Crippen molar-refractivity contribution >= 4 is 27.5 Å². The fraction of sp³-hybridized carbons (Fsp3) is 0.562. The minimum Gasteiger partial charge on any atom is -0.347 e. The molecule has 7 nitrogen and oxygen atoms in total. The summed E-state index contributed by atoms with van der Waals surface area (Å²) in [6.07, 6.45) is 1.18. The lowest BCUT2D eigenvalue weighted by Crippen LogP contribution is -2.47. The monoisotopic (exact) mass is 388 g/mol. The third-order valence-electron chi connectivity index (χ3n) is 4.57. The van der Waals surface area contributed by atoms with Crippen molar-refractivity contribution in [2.75, 3.05) is 40.4 Å². The van der Waals surface area contributed by atoms with Crippen LogP contribution in [0.1, 0.15) is 23.2 Å². The van der Waals surface area contributed by atoms with Crippen LogP contribution in [0.4, 0.5) is 0 Å². The second-order valence-electron chi connectivity index (χ2n) is 6.33. The molecule has 1 spiro atoms. The molecule has 138 valence electrons. The van der Waals surface area contributed by atoms with Gasteiger partial charge in [0.1, 0.15) is 0 Å². The number of benzene rings is 1. The summed E-state index contributed by atoms with van der Waals surface area (Å²) in [5, 5.41) is 0.233. The molecule has 2 fully saturated rings. The van der Waals surface area contributed by atoms with Gasteiger partial charge in [-0.2, -0.15) is 0 Å². The van der Waals surface area contributed by atoms with E-state index in [1.165, 1.54) is 32.3 Å². The average molecular weight is 389 g/mol. The zero-order valence-electron chi connectivity index (χ0n) is 14.2. The summed E-state index contributed by atoms with van der Waals surface area (Å²) in [6.45, 7) is 2.09. The van der Waals surface area contributed by atoms with Gasteiger partial charge in [-0.05, 0) is 18.2 Å². The number of hydrogen-bond acceptors (Lipinski definition) is 5. The number of rotatable bonds is 3. The van der Waals surface area contributed by atoms with Crippen LogP contribution in [0.3, 0.4) is 0 Å². The first-order valence-corrected chi connectivity index (χ1v) is 9.86. The molecule has 2 aliphatic heterocycles. The second kappa shape index (κ2) is 6.85. The largest absolute Gasteiger partial charge is 0.347 e. The standard InChI is InChI=1S/C16H21ClN2O5S/c1-18(2)25(21,22)12-3-4-14(17)13(11-12)15(20)19-7-5-16(6-8-19)23-9-10-24-16/h3-4,11H,5-10H2,1-2H3. The number of likely N-dealkylation sites (tertiary alicyclic amines) is 1. The maximum atomic E-state index is 12.8. The summed E-state index contributed by atoms with van der Waals surface area (Å²) < 4.78 is 37.0. The van der Waals surface area contributed by atoms with Gasteiger partial charge in [-0.25, -0.2) is 12.7 Å². The van der Waals surface area contributed by atoms with Crippen molar-refractivity contribution in [3.63, 3.8) is 0 Å². The molecule has 1 amide bonds. The first-order chi connectivity index (χ1) is 11.8. The molecule has 0 aliphatic carbocycles. The summed E-state index contributed by atoms with van der Waals surface area (Å²) in [5.74, 6) is -0.856. The van der Waals surface area contributed by atoms with Crippen LogP contribution in [0.25, 0.3) is 0 Å². The van der Waals surface area contributed by atoms with Crippen LogP contribution in [0, 0.1) is 0 Å². The van der Waals surface area contributed by atoms with E-state index in [1.54, 1.807) is 4.90 Å². The van der Waals surface area contributed by atoms with Gasteiger partial charge in [-0.15, -0.1) is 0 Å². The maximum Gasteiger partial charge on any atom is 0.255 e. The highest BCUT2D eigenvalue weighted by molar-refractivity contribution is 7.89. The Kier molecular flexibility index (Phi) is 5.09. The molecule has 3 rings (SSSR count). The first kappa shape index (κ1) is 18.6. The van der Waals surface area contributed by atoms with E-state index in [0.717, 1.165) is 4.31 Å². The van der Waals surface area contributed by atoms with Crippen LogP contribution < -0.4 is 0 Å². The van der Waals surface area contributed by atoms with Crippen molar-refractivity contribution in [2.24, 2.45) is 0 Å². The maximum absolute atomic E-state index is 12.8. The first-order valence-electron chi connectivity index (χ1n) is 8.04. The van der Waals surface area contributed by atoms with Crippen LogP contribution in [0.5, 0.6) is 0 Å². The van der Waals surface area contributed by atoms with Gasteiger partial charge in [0.25, 0.3) is 5.91 Å². The Morgan fingerprint density at radius 3 is 2.36 bits per heavy atom. The summed E-state index contributed by atoms with van der Waals surface area (Å²) in [6, 6.07) is 4.19. The van der Waals surface area contributed by atoms with Gasteiger partial charge < -0.3 is 14.4 Å². The van der Waals surface area contributed by atoms with Crippen molar-refractivity contribution in [3.05, 3.63) is 28.8 Å². The molecule has 0 atom stereocenters. The minimum absolute atomic E-state index is 0.0428. The number of sulfonamides is 1. The molecule has 2 saturated heterocycles. The topological polar surface area (TPSA) is 76.2 Å². The van der Waals surface area contributed by atoms with E-state index < -0.39 is 15.8 Å². The highest BCUT2D eigenvalue weighted by Crippen LogP contribution is 2.32. The van der Waals surface area contributed by atoms with E-state index in [1.807, 2.05) is 0 Å². The van der Waals surface area contributed by atoms with E-state index in [9.17, 15) is 13.2 Å². The Bertz CT molecular complexity index is 765. The molecule has 0 aromatic heterocycles. The van der Waals surface area contributed by atoms with E-state index in [2.05, 4.69) is 0 Å². The molecule has 1 aromatic rings. The number of amides is 1. The third kappa shape index (κ3) is 3.54. The molecule has 25 heavy (non-hydrogen) atoms. The van der Waals surface area contributed by atoms with Gasteiger partial charge in [-0.1, -0.05) is 11.6 Å². The molecule has 9 heteroatoms. The predicted octanol–water partition coefficient (Wildman–Crippen LogP) is 1.57. The lowest BCUT2D eigenvalue weighted by Gasteiger charge is -2.37. The molecular weight excluding hydrogens is 368 g/mol. The predicted molar refractivity (Wildman–Crippen MR) is 92.1 cm³/mol. The van der Waals surface area contributed by atoms with Crippen LogP contribution in [0.2, 0.25) is 5.02 Å². The highest BCUT2D eigenvalue weighted by Gasteiger charge is 2.41. The lowest BCUT2D eigenvalue weighted by atomic mass is 10.0. The molecule has 0 N–H and O–H groups in total. The van der Waals surface area contributed by atoms with Gasteiger partial charge in [-0.3, -0.25) is 4.79 Å². The fourth-order valence-corrected chi connectivity index (χ4v) is 4.17. The smallest absolute Gasteiger partial charge is 0.255 e. The Hall–Kier alpha value is -1.19. The number of hydrogen-bond donors (Lipinski definition) is 0. The van der Waals surface area contributed by atoms with Gasteiger partial charge >= 0.3 is 0 Å². The van der Waals surface area contributed by atoms with Crippen molar-refractivity contribution in [2.45, 2.75) is 23.5 Å². The van der Waals surface area contributed by atoms with E-state index in [0.29, 0.717) is 39.1 Å². The molecular formula is C16H21ClN2O5S. The van der Waals surface area contributed by atoms with Crippen LogP contribution in [-0.4, -0.2) is 69.7 Å². The number of piperidine rings is 1. The molecule has 1 aromatic carbocycles. The van der Waals surface area contributed by atoms with Crippen LogP contribution >= 0.6 is 11.6 Å². The highest BCUT2D eigenvalue weighted by atomic mass is 35.5. The van der Waals surface area contributed by atoms with Crippen molar-refractivity contribution in [1.29, 1.82) is 0 Å². The van der Waals surface area contributed by atoms with E-state index in [-0.39, 0.29) is 21.4 Å².